The van der Waals surface area contributed by atoms with E-state index in [4.69, 9.17) is 9.47 Å². The number of phenols is 1. The van der Waals surface area contributed by atoms with Crippen molar-refractivity contribution in [2.45, 2.75) is 12.6 Å². The third kappa shape index (κ3) is 5.63. The fourth-order valence-electron chi connectivity index (χ4n) is 1.82. The first-order valence-electron chi connectivity index (χ1n) is 7.12. The number of rotatable bonds is 8. The van der Waals surface area contributed by atoms with Gasteiger partial charge in [-0.3, -0.25) is 5.32 Å². The second-order valence-corrected chi connectivity index (χ2v) is 5.14. The summed E-state index contributed by atoms with van der Waals surface area (Å²) in [7, 11) is 0. The Labute approximate surface area is 130 Å². The molecule has 22 heavy (non-hydrogen) atoms. The van der Waals surface area contributed by atoms with E-state index in [-0.39, 0.29) is 12.4 Å². The van der Waals surface area contributed by atoms with Crippen LogP contribution >= 0.6 is 0 Å². The van der Waals surface area contributed by atoms with Gasteiger partial charge in [0.2, 0.25) is 0 Å². The van der Waals surface area contributed by atoms with Crippen LogP contribution in [0.5, 0.6) is 17.2 Å². The molecule has 0 radical (unpaired) electrons. The molecule has 2 rings (SSSR count). The van der Waals surface area contributed by atoms with Gasteiger partial charge in [-0.1, -0.05) is 18.2 Å². The van der Waals surface area contributed by atoms with Gasteiger partial charge in [-0.05, 0) is 43.3 Å². The molecule has 2 aromatic carbocycles. The molecule has 0 bridgehead atoms. The Balaban J connectivity index is 1.67. The Kier molecular flexibility index (Phi) is 5.63. The lowest BCUT2D eigenvalue weighted by Crippen LogP contribution is -2.48. The summed E-state index contributed by atoms with van der Waals surface area (Å²) in [6.07, 6.45) is 0. The van der Waals surface area contributed by atoms with E-state index < -0.39 is 5.72 Å². The average molecular weight is 303 g/mol. The van der Waals surface area contributed by atoms with Crippen LogP contribution in [-0.4, -0.2) is 35.7 Å². The Morgan fingerprint density at radius 1 is 0.955 bits per heavy atom. The fraction of sp³-hybridized carbons (Fsp3) is 0.294. The van der Waals surface area contributed by atoms with Crippen molar-refractivity contribution in [3.8, 4) is 17.2 Å². The van der Waals surface area contributed by atoms with Crippen molar-refractivity contribution in [1.82, 2.24) is 5.32 Å². The van der Waals surface area contributed by atoms with Crippen LogP contribution in [0.3, 0.4) is 0 Å². The molecular weight excluding hydrogens is 282 g/mol. The van der Waals surface area contributed by atoms with Gasteiger partial charge < -0.3 is 19.7 Å². The van der Waals surface area contributed by atoms with Crippen LogP contribution in [0.2, 0.25) is 0 Å². The molecule has 0 saturated carbocycles. The summed E-state index contributed by atoms with van der Waals surface area (Å²) in [5.41, 5.74) is -1.14. The summed E-state index contributed by atoms with van der Waals surface area (Å²) >= 11 is 0. The van der Waals surface area contributed by atoms with Gasteiger partial charge >= 0.3 is 0 Å². The average Bonchev–Trinajstić information content (AvgIpc) is 2.52. The van der Waals surface area contributed by atoms with E-state index in [9.17, 15) is 10.2 Å². The van der Waals surface area contributed by atoms with Gasteiger partial charge in [0, 0.05) is 6.54 Å². The van der Waals surface area contributed by atoms with Crippen LogP contribution in [-0.2, 0) is 0 Å². The highest BCUT2D eigenvalue weighted by molar-refractivity contribution is 5.30. The zero-order valence-electron chi connectivity index (χ0n) is 12.5. The number of benzene rings is 2. The quantitative estimate of drug-likeness (QED) is 0.515. The van der Waals surface area contributed by atoms with E-state index in [2.05, 4.69) is 5.32 Å². The topological polar surface area (TPSA) is 71.0 Å². The van der Waals surface area contributed by atoms with Gasteiger partial charge in [-0.15, -0.1) is 0 Å². The Morgan fingerprint density at radius 2 is 1.59 bits per heavy atom. The molecule has 0 spiro atoms. The van der Waals surface area contributed by atoms with Gasteiger partial charge in [0.05, 0.1) is 0 Å². The van der Waals surface area contributed by atoms with E-state index in [1.54, 1.807) is 31.2 Å². The predicted molar refractivity (Wildman–Crippen MR) is 84.2 cm³/mol. The largest absolute Gasteiger partial charge is 0.508 e. The highest BCUT2D eigenvalue weighted by Gasteiger charge is 2.20. The highest BCUT2D eigenvalue weighted by Crippen LogP contribution is 2.15. The molecule has 0 fully saturated rings. The van der Waals surface area contributed by atoms with Crippen molar-refractivity contribution < 1.29 is 19.7 Å². The zero-order chi connectivity index (χ0) is 15.8. The van der Waals surface area contributed by atoms with Crippen LogP contribution in [0.1, 0.15) is 6.92 Å². The Morgan fingerprint density at radius 3 is 2.27 bits per heavy atom. The summed E-state index contributed by atoms with van der Waals surface area (Å²) in [6, 6.07) is 15.8. The molecule has 0 saturated heterocycles. The Bertz CT molecular complexity index is 555. The van der Waals surface area contributed by atoms with Gasteiger partial charge in [0.15, 0.2) is 0 Å². The SMILES string of the molecule is CC(O)(COc1ccccc1)NCCOc1ccc(O)cc1. The van der Waals surface area contributed by atoms with E-state index in [0.29, 0.717) is 24.7 Å². The number of hydrogen-bond acceptors (Lipinski definition) is 5. The van der Waals surface area contributed by atoms with Crippen LogP contribution < -0.4 is 14.8 Å². The number of ether oxygens (including phenoxy) is 2. The molecule has 0 aliphatic heterocycles. The van der Waals surface area contributed by atoms with E-state index >= 15 is 0 Å². The molecule has 0 heterocycles. The molecule has 2 aromatic rings. The zero-order valence-corrected chi connectivity index (χ0v) is 12.5. The summed E-state index contributed by atoms with van der Waals surface area (Å²) < 4.78 is 11.0. The molecule has 1 unspecified atom stereocenters. The maximum absolute atomic E-state index is 10.2. The standard InChI is InChI=1S/C17H21NO4/c1-17(20,13-22-15-5-3-2-4-6-15)18-11-12-21-16-9-7-14(19)8-10-16/h2-10,18-20H,11-13H2,1H3. The molecule has 5 nitrogen and oxygen atoms in total. The minimum Gasteiger partial charge on any atom is -0.508 e. The summed E-state index contributed by atoms with van der Waals surface area (Å²) in [5, 5.41) is 22.3. The Hall–Kier alpha value is -2.24. The van der Waals surface area contributed by atoms with Crippen molar-refractivity contribution in [2.75, 3.05) is 19.8 Å². The molecule has 0 aliphatic rings. The molecule has 0 aliphatic carbocycles. The van der Waals surface area contributed by atoms with Gasteiger partial charge in [0.1, 0.15) is 36.2 Å². The minimum atomic E-state index is -1.14. The van der Waals surface area contributed by atoms with Crippen LogP contribution in [0.4, 0.5) is 0 Å². The first-order valence-corrected chi connectivity index (χ1v) is 7.12. The lowest BCUT2D eigenvalue weighted by Gasteiger charge is -2.25. The number of aliphatic hydroxyl groups is 1. The third-order valence-electron chi connectivity index (χ3n) is 2.98. The molecule has 0 amide bonds. The number of phenolic OH excluding ortho intramolecular Hbond substituents is 1. The first kappa shape index (κ1) is 16.1. The van der Waals surface area contributed by atoms with E-state index in [1.165, 1.54) is 0 Å². The van der Waals surface area contributed by atoms with Crippen molar-refractivity contribution in [3.05, 3.63) is 54.6 Å². The van der Waals surface area contributed by atoms with Gasteiger partial charge in [-0.2, -0.15) is 0 Å². The van der Waals surface area contributed by atoms with E-state index in [0.717, 1.165) is 0 Å². The smallest absolute Gasteiger partial charge is 0.147 e. The lowest BCUT2D eigenvalue weighted by molar-refractivity contribution is -0.0199. The number of hydrogen-bond donors (Lipinski definition) is 3. The molecule has 118 valence electrons. The van der Waals surface area contributed by atoms with Crippen molar-refractivity contribution in [3.63, 3.8) is 0 Å². The molecule has 3 N–H and O–H groups in total. The fourth-order valence-corrected chi connectivity index (χ4v) is 1.82. The maximum Gasteiger partial charge on any atom is 0.147 e. The molecule has 0 aromatic heterocycles. The molecular formula is C17H21NO4. The minimum absolute atomic E-state index is 0.135. The predicted octanol–water partition coefficient (Wildman–Crippen LogP) is 2.15. The summed E-state index contributed by atoms with van der Waals surface area (Å²) in [4.78, 5) is 0. The third-order valence-corrected chi connectivity index (χ3v) is 2.98. The van der Waals surface area contributed by atoms with Crippen LogP contribution in [0, 0.1) is 0 Å². The number of aromatic hydroxyl groups is 1. The second kappa shape index (κ2) is 7.68. The highest BCUT2D eigenvalue weighted by atomic mass is 16.5. The summed E-state index contributed by atoms with van der Waals surface area (Å²) in [5.74, 6) is 1.58. The van der Waals surface area contributed by atoms with Crippen molar-refractivity contribution in [2.24, 2.45) is 0 Å². The van der Waals surface area contributed by atoms with E-state index in [1.807, 2.05) is 30.3 Å². The number of para-hydroxylation sites is 1. The number of nitrogens with one attached hydrogen (secondary N) is 1. The second-order valence-electron chi connectivity index (χ2n) is 5.14. The van der Waals surface area contributed by atoms with Crippen molar-refractivity contribution >= 4 is 0 Å². The van der Waals surface area contributed by atoms with Gasteiger partial charge in [0.25, 0.3) is 0 Å². The first-order chi connectivity index (χ1) is 10.6. The normalized spacial score (nSPS) is 13.4. The van der Waals surface area contributed by atoms with Gasteiger partial charge in [-0.25, -0.2) is 0 Å². The maximum atomic E-state index is 10.2. The molecule has 5 heteroatoms. The molecule has 1 atom stereocenters. The lowest BCUT2D eigenvalue weighted by atomic mass is 10.3. The summed E-state index contributed by atoms with van der Waals surface area (Å²) in [6.45, 7) is 2.64. The van der Waals surface area contributed by atoms with Crippen molar-refractivity contribution in [1.29, 1.82) is 0 Å². The van der Waals surface area contributed by atoms with Crippen LogP contribution in [0.15, 0.2) is 54.6 Å². The van der Waals surface area contributed by atoms with Crippen LogP contribution in [0.25, 0.3) is 0 Å². The monoisotopic (exact) mass is 303 g/mol.